The van der Waals surface area contributed by atoms with E-state index in [0.29, 0.717) is 0 Å². The number of furan rings is 1. The van der Waals surface area contributed by atoms with Gasteiger partial charge < -0.3 is 9.32 Å². The molecule has 0 spiro atoms. The van der Waals surface area contributed by atoms with Gasteiger partial charge in [-0.2, -0.15) is 0 Å². The van der Waals surface area contributed by atoms with Gasteiger partial charge in [-0.3, -0.25) is 0 Å². The van der Waals surface area contributed by atoms with Crippen LogP contribution in [0.3, 0.4) is 0 Å². The minimum atomic E-state index is -2.77. The first-order chi connectivity index (χ1) is 34.2. The van der Waals surface area contributed by atoms with Crippen molar-refractivity contribution in [2.24, 2.45) is 0 Å². The van der Waals surface area contributed by atoms with Crippen LogP contribution in [0.4, 0.5) is 17.1 Å². The molecule has 69 heavy (non-hydrogen) atoms. The normalized spacial score (nSPS) is 11.8. The molecule has 13 aromatic rings. The van der Waals surface area contributed by atoms with Crippen LogP contribution in [0.5, 0.6) is 0 Å². The van der Waals surface area contributed by atoms with Gasteiger partial charge in [0.25, 0.3) is 0 Å². The van der Waals surface area contributed by atoms with Crippen molar-refractivity contribution in [1.29, 1.82) is 0 Å². The van der Waals surface area contributed by atoms with Gasteiger partial charge in [0, 0.05) is 33.6 Å². The number of hydrogen-bond donors (Lipinski definition) is 0. The molecule has 0 radical (unpaired) electrons. The lowest BCUT2D eigenvalue weighted by molar-refractivity contribution is 0.673. The average molecular weight is 896 g/mol. The monoisotopic (exact) mass is 895 g/mol. The first-order valence-electron chi connectivity index (χ1n) is 23.7. The third-order valence-corrected chi connectivity index (χ3v) is 19.0. The molecular weight excluding hydrogens is 851 g/mol. The van der Waals surface area contributed by atoms with Crippen LogP contribution in [0.15, 0.2) is 277 Å². The molecule has 0 bridgehead atoms. The van der Waals surface area contributed by atoms with Crippen molar-refractivity contribution in [3.05, 3.63) is 273 Å². The van der Waals surface area contributed by atoms with Crippen molar-refractivity contribution in [3.63, 3.8) is 0 Å². The minimum Gasteiger partial charge on any atom is -0.455 e. The lowest BCUT2D eigenvalue weighted by atomic mass is 9.93. The predicted molar refractivity (Wildman–Crippen MR) is 295 cm³/mol. The summed E-state index contributed by atoms with van der Waals surface area (Å²) in [7, 11) is -2.77. The van der Waals surface area contributed by atoms with Gasteiger partial charge in [0.2, 0.25) is 0 Å². The van der Waals surface area contributed by atoms with Gasteiger partial charge in [0.1, 0.15) is 11.2 Å². The Hall–Kier alpha value is -8.76. The molecule has 0 amide bonds. The molecule has 1 heterocycles. The molecule has 0 fully saturated rings. The molecule has 1 aromatic heterocycles. The van der Waals surface area contributed by atoms with Gasteiger partial charge in [-0.15, -0.1) is 0 Å². The van der Waals surface area contributed by atoms with Crippen molar-refractivity contribution >= 4 is 100 Å². The Morgan fingerprint density at radius 3 is 1.39 bits per heavy atom. The summed E-state index contributed by atoms with van der Waals surface area (Å²) < 4.78 is 7.03. The van der Waals surface area contributed by atoms with Crippen LogP contribution < -0.4 is 25.6 Å². The SMILES string of the molecule is c1ccc(-c2cc(N(c3ccc(-c4cc5ccccc5c5ccccc45)cc3)c3ccc([Si](c4ccccc4)(c4ccccc4)c4ccccc4)cc3)cc3oc4c5ccccc5ccc4c23)cc1. The van der Waals surface area contributed by atoms with Crippen LogP contribution in [0.2, 0.25) is 0 Å². The zero-order chi connectivity index (χ0) is 45.7. The van der Waals surface area contributed by atoms with Gasteiger partial charge in [0.05, 0.1) is 5.69 Å². The molecular formula is C66H45NOSi. The lowest BCUT2D eigenvalue weighted by Crippen LogP contribution is -2.74. The Balaban J connectivity index is 1.04. The summed E-state index contributed by atoms with van der Waals surface area (Å²) in [6.45, 7) is 0. The third-order valence-electron chi connectivity index (χ3n) is 14.2. The highest BCUT2D eigenvalue weighted by molar-refractivity contribution is 7.19. The summed E-state index contributed by atoms with van der Waals surface area (Å²) >= 11 is 0. The standard InChI is InChI=1S/C66H45NOSi/c1-5-19-46(20-6-1)63-44-52(45-64-65(63)61-42-35-47-21-13-16-30-58(47)66(61)68-64)67(50-36-33-48(34-37-50)62-43-49-22-14-15-29-57(49)59-31-17-18-32-60(59)62)51-38-40-56(41-39-51)69(53-23-7-2-8-24-53,54-25-9-3-10-26-54)55-27-11-4-12-28-55/h1-45H. The second-order valence-corrected chi connectivity index (χ2v) is 21.8. The van der Waals surface area contributed by atoms with Gasteiger partial charge in [0.15, 0.2) is 8.07 Å². The fourth-order valence-electron chi connectivity index (χ4n) is 11.0. The van der Waals surface area contributed by atoms with Crippen LogP contribution in [-0.2, 0) is 0 Å². The van der Waals surface area contributed by atoms with E-state index in [-0.39, 0.29) is 0 Å². The summed E-state index contributed by atoms with van der Waals surface area (Å²) in [5.41, 5.74) is 9.53. The van der Waals surface area contributed by atoms with Gasteiger partial charge >= 0.3 is 0 Å². The Bertz CT molecular complexity index is 3880. The zero-order valence-electron chi connectivity index (χ0n) is 37.8. The van der Waals surface area contributed by atoms with Gasteiger partial charge in [-0.25, -0.2) is 0 Å². The van der Waals surface area contributed by atoms with Crippen LogP contribution in [0.1, 0.15) is 0 Å². The van der Waals surface area contributed by atoms with Crippen molar-refractivity contribution in [3.8, 4) is 22.3 Å². The third kappa shape index (κ3) is 6.78. The number of nitrogens with zero attached hydrogens (tertiary/aromatic N) is 1. The summed E-state index contributed by atoms with van der Waals surface area (Å²) in [5, 5.41) is 14.9. The molecule has 0 aliphatic rings. The molecule has 0 aliphatic heterocycles. The van der Waals surface area contributed by atoms with Crippen LogP contribution in [0.25, 0.3) is 76.5 Å². The summed E-state index contributed by atoms with van der Waals surface area (Å²) in [5.74, 6) is 0. The number of fused-ring (bicyclic) bond motifs is 8. The van der Waals surface area contributed by atoms with E-state index in [4.69, 9.17) is 4.42 Å². The van der Waals surface area contributed by atoms with Crippen LogP contribution in [-0.4, -0.2) is 8.07 Å². The highest BCUT2D eigenvalue weighted by Crippen LogP contribution is 2.45. The molecule has 0 N–H and O–H groups in total. The van der Waals surface area contributed by atoms with Crippen LogP contribution in [0, 0.1) is 0 Å². The molecule has 0 unspecified atom stereocenters. The fourth-order valence-corrected chi connectivity index (χ4v) is 15.8. The van der Waals surface area contributed by atoms with E-state index in [1.807, 2.05) is 0 Å². The zero-order valence-corrected chi connectivity index (χ0v) is 38.8. The van der Waals surface area contributed by atoms with Gasteiger partial charge in [-0.05, 0) is 112 Å². The molecule has 0 atom stereocenters. The summed E-state index contributed by atoms with van der Waals surface area (Å²) in [4.78, 5) is 2.40. The van der Waals surface area contributed by atoms with Crippen molar-refractivity contribution < 1.29 is 4.42 Å². The van der Waals surface area contributed by atoms with Crippen molar-refractivity contribution in [2.75, 3.05) is 4.90 Å². The Kier molecular flexibility index (Phi) is 9.88. The number of hydrogen-bond acceptors (Lipinski definition) is 2. The van der Waals surface area contributed by atoms with E-state index in [1.54, 1.807) is 0 Å². The summed E-state index contributed by atoms with van der Waals surface area (Å²) in [6, 6.07) is 100. The molecule has 0 aliphatic carbocycles. The maximum Gasteiger partial charge on any atom is 0.179 e. The topological polar surface area (TPSA) is 16.4 Å². The number of benzene rings is 12. The quantitative estimate of drug-likeness (QED) is 0.0815. The summed E-state index contributed by atoms with van der Waals surface area (Å²) in [6.07, 6.45) is 0. The maximum absolute atomic E-state index is 7.03. The van der Waals surface area contributed by atoms with E-state index in [0.717, 1.165) is 60.9 Å². The Morgan fingerprint density at radius 2 is 0.768 bits per heavy atom. The van der Waals surface area contributed by atoms with Crippen molar-refractivity contribution in [1.82, 2.24) is 0 Å². The Morgan fingerprint density at radius 1 is 0.290 bits per heavy atom. The second-order valence-electron chi connectivity index (χ2n) is 18.0. The molecule has 3 heteroatoms. The molecule has 12 aromatic carbocycles. The minimum absolute atomic E-state index is 0.849. The number of anilines is 3. The molecule has 0 saturated heterocycles. The fraction of sp³-hybridized carbons (Fsp3) is 0. The number of rotatable bonds is 9. The first kappa shape index (κ1) is 40.5. The largest absolute Gasteiger partial charge is 0.455 e. The van der Waals surface area contributed by atoms with Crippen LogP contribution >= 0.6 is 0 Å². The maximum atomic E-state index is 7.03. The average Bonchev–Trinajstić information content (AvgIpc) is 3.82. The Labute approximate surface area is 402 Å². The van der Waals surface area contributed by atoms with E-state index in [2.05, 4.69) is 278 Å². The van der Waals surface area contributed by atoms with E-state index in [9.17, 15) is 0 Å². The molecule has 324 valence electrons. The second kappa shape index (κ2) is 16.8. The predicted octanol–water partition coefficient (Wildman–Crippen LogP) is 15.2. The smallest absolute Gasteiger partial charge is 0.179 e. The lowest BCUT2D eigenvalue weighted by Gasteiger charge is -2.35. The van der Waals surface area contributed by atoms with Crippen molar-refractivity contribution in [2.45, 2.75) is 0 Å². The molecule has 13 rings (SSSR count). The van der Waals surface area contributed by atoms with E-state index in [1.165, 1.54) is 53.4 Å². The molecule has 0 saturated carbocycles. The highest BCUT2D eigenvalue weighted by atomic mass is 28.3. The van der Waals surface area contributed by atoms with E-state index >= 15 is 0 Å². The highest BCUT2D eigenvalue weighted by Gasteiger charge is 2.41. The first-order valence-corrected chi connectivity index (χ1v) is 25.7. The molecule has 2 nitrogen and oxygen atoms in total. The van der Waals surface area contributed by atoms with Gasteiger partial charge in [-0.1, -0.05) is 224 Å². The van der Waals surface area contributed by atoms with E-state index < -0.39 is 8.07 Å².